The van der Waals surface area contributed by atoms with E-state index in [2.05, 4.69) is 5.32 Å². The summed E-state index contributed by atoms with van der Waals surface area (Å²) in [6, 6.07) is 2.63. The van der Waals surface area contributed by atoms with E-state index in [0.717, 1.165) is 24.0 Å². The van der Waals surface area contributed by atoms with Crippen molar-refractivity contribution >= 4 is 23.0 Å². The molecule has 2 aromatic rings. The maximum atomic E-state index is 13.0. The van der Waals surface area contributed by atoms with Crippen molar-refractivity contribution in [3.05, 3.63) is 39.2 Å². The number of amides is 1. The molecule has 30 heavy (non-hydrogen) atoms. The predicted molar refractivity (Wildman–Crippen MR) is 113 cm³/mol. The SMILES string of the molecule is Cc1cc(OC(=O)[C@H](NC(=O)OC(C)(C)C)C(C)C)c2c3c(c(=O)oc2c1)CCC3. The second kappa shape index (κ2) is 8.13. The van der Waals surface area contributed by atoms with Crippen molar-refractivity contribution in [2.75, 3.05) is 0 Å². The van der Waals surface area contributed by atoms with Gasteiger partial charge in [0.15, 0.2) is 0 Å². The van der Waals surface area contributed by atoms with Gasteiger partial charge in [0.25, 0.3) is 0 Å². The summed E-state index contributed by atoms with van der Waals surface area (Å²) in [5.41, 5.74) is 1.73. The van der Waals surface area contributed by atoms with Gasteiger partial charge in [0.2, 0.25) is 0 Å². The van der Waals surface area contributed by atoms with Crippen LogP contribution in [0.25, 0.3) is 11.0 Å². The minimum atomic E-state index is -0.890. The number of esters is 1. The van der Waals surface area contributed by atoms with Gasteiger partial charge in [-0.25, -0.2) is 14.4 Å². The lowest BCUT2D eigenvalue weighted by Gasteiger charge is -2.24. The topological polar surface area (TPSA) is 94.8 Å². The number of hydrogen-bond acceptors (Lipinski definition) is 6. The molecular weight excluding hydrogens is 386 g/mol. The zero-order valence-electron chi connectivity index (χ0n) is 18.4. The summed E-state index contributed by atoms with van der Waals surface area (Å²) in [4.78, 5) is 37.5. The first-order valence-corrected chi connectivity index (χ1v) is 10.3. The van der Waals surface area contributed by atoms with Crippen molar-refractivity contribution in [2.45, 2.75) is 72.4 Å². The van der Waals surface area contributed by atoms with Crippen LogP contribution in [0.5, 0.6) is 5.75 Å². The Labute approximate surface area is 175 Å². The molecule has 0 radical (unpaired) electrons. The molecule has 0 saturated carbocycles. The highest BCUT2D eigenvalue weighted by Crippen LogP contribution is 2.35. The molecule has 7 heteroatoms. The van der Waals surface area contributed by atoms with Gasteiger partial charge in [-0.15, -0.1) is 0 Å². The minimum Gasteiger partial charge on any atom is -0.444 e. The maximum absolute atomic E-state index is 13.0. The third-order valence-corrected chi connectivity index (χ3v) is 4.98. The Bertz CT molecular complexity index is 1040. The Morgan fingerprint density at radius 2 is 1.80 bits per heavy atom. The number of nitrogens with one attached hydrogen (secondary N) is 1. The monoisotopic (exact) mass is 415 g/mol. The largest absolute Gasteiger partial charge is 0.444 e. The van der Waals surface area contributed by atoms with E-state index in [0.29, 0.717) is 28.7 Å². The fraction of sp³-hybridized carbons (Fsp3) is 0.522. The maximum Gasteiger partial charge on any atom is 0.408 e. The Balaban J connectivity index is 1.94. The van der Waals surface area contributed by atoms with Crippen LogP contribution in [0.3, 0.4) is 0 Å². The summed E-state index contributed by atoms with van der Waals surface area (Å²) in [6.45, 7) is 10.7. The third kappa shape index (κ3) is 4.66. The number of aryl methyl sites for hydroxylation is 2. The summed E-state index contributed by atoms with van der Waals surface area (Å²) in [5.74, 6) is -0.473. The first-order chi connectivity index (χ1) is 14.0. The first-order valence-electron chi connectivity index (χ1n) is 10.3. The molecule has 162 valence electrons. The standard InChI is InChI=1S/C23H29NO6/c1-12(2)19(24-22(27)30-23(4,5)6)21(26)29-17-11-13(3)10-16-18(17)14-8-7-9-15(14)20(25)28-16/h10-12,19H,7-9H2,1-6H3,(H,24,27)/t19-/m1/s1. The molecular formula is C23H29NO6. The molecule has 0 fully saturated rings. The molecule has 1 aromatic heterocycles. The summed E-state index contributed by atoms with van der Waals surface area (Å²) in [7, 11) is 0. The number of ether oxygens (including phenoxy) is 2. The molecule has 0 unspecified atom stereocenters. The quantitative estimate of drug-likeness (QED) is 0.460. The van der Waals surface area contributed by atoms with Gasteiger partial charge in [0.1, 0.15) is 23.0 Å². The highest BCUT2D eigenvalue weighted by molar-refractivity contribution is 5.92. The summed E-state index contributed by atoms with van der Waals surface area (Å²) >= 11 is 0. The van der Waals surface area contributed by atoms with Gasteiger partial charge in [-0.05, 0) is 76.1 Å². The van der Waals surface area contributed by atoms with Crippen LogP contribution in [0.4, 0.5) is 4.79 Å². The van der Waals surface area contributed by atoms with E-state index in [9.17, 15) is 14.4 Å². The molecule has 1 N–H and O–H groups in total. The molecule has 1 atom stereocenters. The number of carbonyl (C=O) groups excluding carboxylic acids is 2. The lowest BCUT2D eigenvalue weighted by molar-refractivity contribution is -0.137. The van der Waals surface area contributed by atoms with E-state index in [1.165, 1.54) is 0 Å². The Kier molecular flexibility index (Phi) is 5.92. The highest BCUT2D eigenvalue weighted by atomic mass is 16.6. The van der Waals surface area contributed by atoms with Crippen molar-refractivity contribution < 1.29 is 23.5 Å². The summed E-state index contributed by atoms with van der Waals surface area (Å²) in [5, 5.41) is 3.26. The van der Waals surface area contributed by atoms with Crippen molar-refractivity contribution in [3.8, 4) is 5.75 Å². The van der Waals surface area contributed by atoms with Gasteiger partial charge >= 0.3 is 17.7 Å². The summed E-state index contributed by atoms with van der Waals surface area (Å²) in [6.07, 6.45) is 1.56. The van der Waals surface area contributed by atoms with Gasteiger partial charge in [-0.1, -0.05) is 13.8 Å². The molecule has 0 bridgehead atoms. The van der Waals surface area contributed by atoms with E-state index in [4.69, 9.17) is 13.9 Å². The molecule has 0 saturated heterocycles. The molecule has 1 heterocycles. The van der Waals surface area contributed by atoms with E-state index < -0.39 is 23.7 Å². The zero-order chi connectivity index (χ0) is 22.2. The highest BCUT2D eigenvalue weighted by Gasteiger charge is 2.30. The molecule has 3 rings (SSSR count). The predicted octanol–water partition coefficient (Wildman–Crippen LogP) is 4.04. The lowest BCUT2D eigenvalue weighted by Crippen LogP contribution is -2.48. The van der Waals surface area contributed by atoms with Gasteiger partial charge < -0.3 is 19.2 Å². The molecule has 1 aliphatic carbocycles. The van der Waals surface area contributed by atoms with Crippen LogP contribution < -0.4 is 15.7 Å². The molecule has 7 nitrogen and oxygen atoms in total. The van der Waals surface area contributed by atoms with Gasteiger partial charge in [0, 0.05) is 5.56 Å². The number of alkyl carbamates (subject to hydrolysis) is 1. The van der Waals surface area contributed by atoms with Crippen molar-refractivity contribution in [1.82, 2.24) is 5.32 Å². The number of fused-ring (bicyclic) bond motifs is 3. The average Bonchev–Trinajstić information content (AvgIpc) is 3.07. The van der Waals surface area contributed by atoms with Crippen molar-refractivity contribution in [1.29, 1.82) is 0 Å². The van der Waals surface area contributed by atoms with Crippen LogP contribution in [0.1, 0.15) is 57.7 Å². The second-order valence-electron chi connectivity index (χ2n) is 9.13. The number of rotatable bonds is 4. The van der Waals surface area contributed by atoms with Crippen LogP contribution in [-0.2, 0) is 22.4 Å². The molecule has 0 aliphatic heterocycles. The summed E-state index contributed by atoms with van der Waals surface area (Å²) < 4.78 is 16.5. The molecule has 1 aromatic carbocycles. The van der Waals surface area contributed by atoms with Crippen LogP contribution >= 0.6 is 0 Å². The van der Waals surface area contributed by atoms with E-state index >= 15 is 0 Å². The Morgan fingerprint density at radius 1 is 1.13 bits per heavy atom. The molecule has 1 aliphatic rings. The van der Waals surface area contributed by atoms with Gasteiger partial charge in [0.05, 0.1) is 5.39 Å². The van der Waals surface area contributed by atoms with Crippen LogP contribution in [-0.4, -0.2) is 23.7 Å². The first kappa shape index (κ1) is 21.9. The molecule has 1 amide bonds. The van der Waals surface area contributed by atoms with E-state index in [-0.39, 0.29) is 11.5 Å². The zero-order valence-corrected chi connectivity index (χ0v) is 18.4. The van der Waals surface area contributed by atoms with Gasteiger partial charge in [-0.3, -0.25) is 0 Å². The van der Waals surface area contributed by atoms with Crippen LogP contribution in [0.15, 0.2) is 21.3 Å². The van der Waals surface area contributed by atoms with Crippen molar-refractivity contribution in [3.63, 3.8) is 0 Å². The number of carbonyl (C=O) groups is 2. The number of hydrogen-bond donors (Lipinski definition) is 1. The normalized spacial score (nSPS) is 14.5. The Hall–Kier alpha value is -2.83. The second-order valence-corrected chi connectivity index (χ2v) is 9.13. The number of benzene rings is 1. The van der Waals surface area contributed by atoms with E-state index in [1.807, 2.05) is 20.8 Å². The third-order valence-electron chi connectivity index (χ3n) is 4.98. The fourth-order valence-corrected chi connectivity index (χ4v) is 3.69. The van der Waals surface area contributed by atoms with E-state index in [1.54, 1.807) is 32.9 Å². The van der Waals surface area contributed by atoms with Crippen LogP contribution in [0, 0.1) is 12.8 Å². The fourth-order valence-electron chi connectivity index (χ4n) is 3.69. The smallest absolute Gasteiger partial charge is 0.408 e. The lowest BCUT2D eigenvalue weighted by atomic mass is 10.0. The molecule has 0 spiro atoms. The van der Waals surface area contributed by atoms with Crippen molar-refractivity contribution in [2.24, 2.45) is 5.92 Å². The average molecular weight is 415 g/mol. The Morgan fingerprint density at radius 3 is 2.43 bits per heavy atom. The van der Waals surface area contributed by atoms with Gasteiger partial charge in [-0.2, -0.15) is 0 Å². The van der Waals surface area contributed by atoms with Crippen LogP contribution in [0.2, 0.25) is 0 Å². The minimum absolute atomic E-state index is 0.218.